The topological polar surface area (TPSA) is 64.9 Å². The summed E-state index contributed by atoms with van der Waals surface area (Å²) in [6.07, 6.45) is 2.33. The fourth-order valence-corrected chi connectivity index (χ4v) is 2.60. The zero-order valence-electron chi connectivity index (χ0n) is 10.1. The van der Waals surface area contributed by atoms with Gasteiger partial charge in [0.1, 0.15) is 0 Å². The maximum Gasteiger partial charge on any atom is 0.259 e. The quantitative estimate of drug-likeness (QED) is 0.945. The van der Waals surface area contributed by atoms with Crippen molar-refractivity contribution >= 4 is 15.9 Å². The third-order valence-electron chi connectivity index (χ3n) is 3.22. The molecular weight excluding hydrogens is 294 g/mol. The lowest BCUT2D eigenvalue weighted by Gasteiger charge is -2.02. The highest BCUT2D eigenvalue weighted by Gasteiger charge is 2.32. The smallest absolute Gasteiger partial charge is 0.259 e. The van der Waals surface area contributed by atoms with Gasteiger partial charge in [-0.25, -0.2) is 0 Å². The van der Waals surface area contributed by atoms with Gasteiger partial charge in [-0.1, -0.05) is 11.2 Å². The Kier molecular flexibility index (Phi) is 2.95. The fraction of sp³-hybridized carbons (Fsp3) is 0.385. The minimum Gasteiger partial charge on any atom is -0.334 e. The predicted molar refractivity (Wildman–Crippen MR) is 71.8 cm³/mol. The number of rotatable bonds is 3. The van der Waals surface area contributed by atoms with E-state index in [1.54, 1.807) is 0 Å². The molecule has 2 N–H and O–H groups in total. The molecule has 0 aliphatic heterocycles. The number of nitrogens with zero attached hydrogens (tertiary/aromatic N) is 2. The molecule has 1 fully saturated rings. The van der Waals surface area contributed by atoms with Crippen LogP contribution in [-0.4, -0.2) is 10.1 Å². The van der Waals surface area contributed by atoms with Gasteiger partial charge >= 0.3 is 0 Å². The van der Waals surface area contributed by atoms with Crippen molar-refractivity contribution in [1.82, 2.24) is 10.1 Å². The number of nitrogens with two attached hydrogens (primary N) is 1. The number of hydrogen-bond donors (Lipinski definition) is 1. The molecule has 1 aliphatic carbocycles. The minimum atomic E-state index is -0.0910. The summed E-state index contributed by atoms with van der Waals surface area (Å²) in [5.74, 6) is 1.66. The van der Waals surface area contributed by atoms with Gasteiger partial charge in [0.2, 0.25) is 0 Å². The molecule has 0 radical (unpaired) electrons. The molecule has 0 bridgehead atoms. The van der Waals surface area contributed by atoms with E-state index in [2.05, 4.69) is 26.1 Å². The third-order valence-corrected chi connectivity index (χ3v) is 3.88. The van der Waals surface area contributed by atoms with Gasteiger partial charge in [0.05, 0.1) is 11.6 Å². The van der Waals surface area contributed by atoms with Crippen LogP contribution < -0.4 is 5.73 Å². The lowest BCUT2D eigenvalue weighted by Crippen LogP contribution is -2.13. The second-order valence-corrected chi connectivity index (χ2v) is 5.66. The molecule has 1 aliphatic rings. The minimum absolute atomic E-state index is 0.0910. The zero-order chi connectivity index (χ0) is 12.7. The summed E-state index contributed by atoms with van der Waals surface area (Å²) in [6.45, 7) is 2.04. The van der Waals surface area contributed by atoms with Crippen LogP contribution in [-0.2, 0) is 0 Å². The van der Waals surface area contributed by atoms with Crippen molar-refractivity contribution in [2.45, 2.75) is 25.8 Å². The van der Waals surface area contributed by atoms with Gasteiger partial charge in [0, 0.05) is 4.47 Å². The Balaban J connectivity index is 1.92. The van der Waals surface area contributed by atoms with Crippen LogP contribution in [0.1, 0.15) is 30.3 Å². The van der Waals surface area contributed by atoms with E-state index in [4.69, 9.17) is 10.3 Å². The van der Waals surface area contributed by atoms with Gasteiger partial charge in [-0.15, -0.1) is 0 Å². The molecule has 2 aromatic rings. The number of aromatic nitrogens is 2. The molecule has 1 aromatic carbocycles. The average Bonchev–Trinajstić information content (AvgIpc) is 3.07. The van der Waals surface area contributed by atoms with Crippen molar-refractivity contribution in [3.63, 3.8) is 0 Å². The number of hydrogen-bond acceptors (Lipinski definition) is 4. The van der Waals surface area contributed by atoms with E-state index in [1.807, 2.05) is 25.1 Å². The molecule has 1 heterocycles. The normalized spacial score (nSPS) is 16.8. The molecule has 5 heteroatoms. The van der Waals surface area contributed by atoms with Crippen molar-refractivity contribution in [2.75, 3.05) is 0 Å². The lowest BCUT2D eigenvalue weighted by molar-refractivity contribution is 0.411. The van der Waals surface area contributed by atoms with Crippen LogP contribution in [0, 0.1) is 12.8 Å². The number of aryl methyl sites for hydroxylation is 1. The van der Waals surface area contributed by atoms with Crippen molar-refractivity contribution in [1.29, 1.82) is 0 Å². The summed E-state index contributed by atoms with van der Waals surface area (Å²) in [4.78, 5) is 4.40. The standard InChI is InChI=1S/C13H14BrN3O/c1-7-2-5-9(10(14)6-7)13-16-12(17-18-13)11(15)8-3-4-8/h2,5-6,8,11H,3-4,15H2,1H3. The van der Waals surface area contributed by atoms with E-state index >= 15 is 0 Å². The first-order valence-corrected chi connectivity index (χ1v) is 6.80. The monoisotopic (exact) mass is 307 g/mol. The first-order chi connectivity index (χ1) is 8.65. The highest BCUT2D eigenvalue weighted by Crippen LogP contribution is 2.39. The van der Waals surface area contributed by atoms with Gasteiger partial charge in [-0.05, 0) is 59.3 Å². The van der Waals surface area contributed by atoms with E-state index in [0.29, 0.717) is 17.6 Å². The molecule has 3 rings (SSSR count). The van der Waals surface area contributed by atoms with Gasteiger partial charge in [-0.2, -0.15) is 4.98 Å². The van der Waals surface area contributed by atoms with Crippen LogP contribution in [0.2, 0.25) is 0 Å². The molecule has 0 amide bonds. The first-order valence-electron chi connectivity index (χ1n) is 6.01. The second kappa shape index (κ2) is 4.48. The van der Waals surface area contributed by atoms with Crippen LogP contribution in [0.3, 0.4) is 0 Å². The summed E-state index contributed by atoms with van der Waals surface area (Å²) in [6, 6.07) is 5.93. The van der Waals surface area contributed by atoms with Gasteiger partial charge in [-0.3, -0.25) is 0 Å². The van der Waals surface area contributed by atoms with Crippen molar-refractivity contribution in [3.8, 4) is 11.5 Å². The summed E-state index contributed by atoms with van der Waals surface area (Å²) in [5, 5.41) is 3.99. The summed E-state index contributed by atoms with van der Waals surface area (Å²) < 4.78 is 6.26. The van der Waals surface area contributed by atoms with Crippen LogP contribution in [0.5, 0.6) is 0 Å². The maximum atomic E-state index is 6.06. The van der Waals surface area contributed by atoms with Crippen molar-refractivity contribution in [3.05, 3.63) is 34.1 Å². The van der Waals surface area contributed by atoms with E-state index < -0.39 is 0 Å². The van der Waals surface area contributed by atoms with E-state index in [1.165, 1.54) is 18.4 Å². The molecule has 4 nitrogen and oxygen atoms in total. The van der Waals surface area contributed by atoms with Gasteiger partial charge < -0.3 is 10.3 Å². The van der Waals surface area contributed by atoms with Crippen LogP contribution in [0.15, 0.2) is 27.2 Å². The summed E-state index contributed by atoms with van der Waals surface area (Å²) >= 11 is 3.51. The van der Waals surface area contributed by atoms with E-state index in [0.717, 1.165) is 10.0 Å². The van der Waals surface area contributed by atoms with Gasteiger partial charge in [0.15, 0.2) is 5.82 Å². The summed E-state index contributed by atoms with van der Waals surface area (Å²) in [7, 11) is 0. The molecule has 1 aromatic heterocycles. The SMILES string of the molecule is Cc1ccc(-c2nc(C(N)C3CC3)no2)c(Br)c1. The molecule has 18 heavy (non-hydrogen) atoms. The van der Waals surface area contributed by atoms with Crippen molar-refractivity contribution in [2.24, 2.45) is 11.7 Å². The Labute approximate surface area is 114 Å². The van der Waals surface area contributed by atoms with E-state index in [9.17, 15) is 0 Å². The average molecular weight is 308 g/mol. The maximum absolute atomic E-state index is 6.06. The Morgan fingerprint density at radius 1 is 1.44 bits per heavy atom. The molecule has 0 spiro atoms. The number of benzene rings is 1. The molecule has 1 atom stereocenters. The molecule has 1 unspecified atom stereocenters. The van der Waals surface area contributed by atoms with E-state index in [-0.39, 0.29) is 6.04 Å². The second-order valence-electron chi connectivity index (χ2n) is 4.80. The largest absolute Gasteiger partial charge is 0.334 e. The van der Waals surface area contributed by atoms with Crippen LogP contribution in [0.4, 0.5) is 0 Å². The predicted octanol–water partition coefficient (Wildman–Crippen LogP) is 3.22. The Bertz CT molecular complexity index is 577. The molecular formula is C13H14BrN3O. The van der Waals surface area contributed by atoms with Crippen LogP contribution in [0.25, 0.3) is 11.5 Å². The van der Waals surface area contributed by atoms with Crippen LogP contribution >= 0.6 is 15.9 Å². The summed E-state index contributed by atoms with van der Waals surface area (Å²) in [5.41, 5.74) is 8.14. The van der Waals surface area contributed by atoms with Crippen molar-refractivity contribution < 1.29 is 4.52 Å². The number of halogens is 1. The lowest BCUT2D eigenvalue weighted by atomic mass is 10.1. The molecule has 94 valence electrons. The van der Waals surface area contributed by atoms with Gasteiger partial charge in [0.25, 0.3) is 5.89 Å². The third kappa shape index (κ3) is 2.20. The molecule has 0 saturated heterocycles. The fourth-order valence-electron chi connectivity index (χ4n) is 1.94. The highest BCUT2D eigenvalue weighted by atomic mass is 79.9. The Hall–Kier alpha value is -1.20. The zero-order valence-corrected chi connectivity index (χ0v) is 11.6. The Morgan fingerprint density at radius 2 is 2.22 bits per heavy atom. The Morgan fingerprint density at radius 3 is 2.89 bits per heavy atom. The highest BCUT2D eigenvalue weighted by molar-refractivity contribution is 9.10. The molecule has 1 saturated carbocycles. The first kappa shape index (κ1) is 11.9.